The van der Waals surface area contributed by atoms with Gasteiger partial charge in [-0.1, -0.05) is 12.1 Å². The van der Waals surface area contributed by atoms with Crippen LogP contribution in [0, 0.1) is 0 Å². The number of fused-ring (bicyclic) bond motifs is 1. The zero-order chi connectivity index (χ0) is 11.1. The second-order valence-electron chi connectivity index (χ2n) is 3.17. The quantitative estimate of drug-likeness (QED) is 0.724. The zero-order valence-corrected chi connectivity index (χ0v) is 8.40. The second-order valence-corrected chi connectivity index (χ2v) is 4.59. The summed E-state index contributed by atoms with van der Waals surface area (Å²) in [6, 6.07) is 8.80. The molecule has 0 bridgehead atoms. The van der Waals surface area contributed by atoms with E-state index in [2.05, 4.69) is 0 Å². The fourth-order valence-corrected chi connectivity index (χ4v) is 1.89. The number of phenolic OH excluding ortho intramolecular Hbond substituents is 1. The molecule has 0 aliphatic rings. The van der Waals surface area contributed by atoms with Crippen LogP contribution in [0.25, 0.3) is 10.8 Å². The van der Waals surface area contributed by atoms with Crippen LogP contribution in [0.5, 0.6) is 5.75 Å². The molecule has 0 saturated heterocycles. The first kappa shape index (κ1) is 9.95. The van der Waals surface area contributed by atoms with Gasteiger partial charge in [-0.2, -0.15) is 8.42 Å². The smallest absolute Gasteiger partial charge is 0.294 e. The van der Waals surface area contributed by atoms with Crippen molar-refractivity contribution in [2.75, 3.05) is 0 Å². The molecule has 78 valence electrons. The van der Waals surface area contributed by atoms with Gasteiger partial charge in [0.05, 0.1) is 4.90 Å². The van der Waals surface area contributed by atoms with Gasteiger partial charge in [-0.05, 0) is 35.0 Å². The van der Waals surface area contributed by atoms with Crippen molar-refractivity contribution in [2.24, 2.45) is 0 Å². The Kier molecular flexibility index (Phi) is 2.13. The van der Waals surface area contributed by atoms with Gasteiger partial charge < -0.3 is 5.11 Å². The van der Waals surface area contributed by atoms with E-state index in [1.165, 1.54) is 24.3 Å². The average molecular weight is 224 g/mol. The van der Waals surface area contributed by atoms with Crippen molar-refractivity contribution in [2.45, 2.75) is 4.90 Å². The summed E-state index contributed by atoms with van der Waals surface area (Å²) in [6.07, 6.45) is 0. The molecule has 0 radical (unpaired) electrons. The fourth-order valence-electron chi connectivity index (χ4n) is 1.37. The predicted octanol–water partition coefficient (Wildman–Crippen LogP) is 1.79. The molecule has 2 aromatic carbocycles. The van der Waals surface area contributed by atoms with E-state index in [0.29, 0.717) is 5.39 Å². The summed E-state index contributed by atoms with van der Waals surface area (Å²) in [4.78, 5) is -0.180. The SMILES string of the molecule is O=S(=O)(O)c1ccc2ccc(O)cc2c1. The van der Waals surface area contributed by atoms with Crippen molar-refractivity contribution in [1.82, 2.24) is 0 Å². The number of hydrogen-bond acceptors (Lipinski definition) is 3. The van der Waals surface area contributed by atoms with Gasteiger partial charge in [0.2, 0.25) is 0 Å². The van der Waals surface area contributed by atoms with E-state index in [1.54, 1.807) is 12.1 Å². The van der Waals surface area contributed by atoms with Gasteiger partial charge in [-0.3, -0.25) is 4.55 Å². The van der Waals surface area contributed by atoms with Gasteiger partial charge in [0.15, 0.2) is 0 Å². The van der Waals surface area contributed by atoms with Gasteiger partial charge in [0.25, 0.3) is 10.1 Å². The fraction of sp³-hybridized carbons (Fsp3) is 0. The van der Waals surface area contributed by atoms with Crippen LogP contribution in [0.1, 0.15) is 0 Å². The highest BCUT2D eigenvalue weighted by Crippen LogP contribution is 2.22. The molecule has 0 amide bonds. The Bertz CT molecular complexity index is 616. The standard InChI is InChI=1S/C10H8O4S/c11-9-3-1-7-2-4-10(15(12,13)14)6-8(7)5-9/h1-6,11H,(H,12,13,14). The lowest BCUT2D eigenvalue weighted by molar-refractivity contribution is 0.475. The molecule has 15 heavy (non-hydrogen) atoms. The average Bonchev–Trinajstić information content (AvgIpc) is 2.15. The molecule has 0 spiro atoms. The molecule has 2 rings (SSSR count). The molecular weight excluding hydrogens is 216 g/mol. The molecule has 0 aliphatic carbocycles. The van der Waals surface area contributed by atoms with Crippen LogP contribution in [0.3, 0.4) is 0 Å². The van der Waals surface area contributed by atoms with Crippen LogP contribution in [0.2, 0.25) is 0 Å². The third kappa shape index (κ3) is 1.93. The molecule has 0 aromatic heterocycles. The maximum Gasteiger partial charge on any atom is 0.294 e. The lowest BCUT2D eigenvalue weighted by Gasteiger charge is -2.01. The molecule has 0 atom stereocenters. The molecule has 2 N–H and O–H groups in total. The largest absolute Gasteiger partial charge is 0.508 e. The van der Waals surface area contributed by atoms with E-state index in [-0.39, 0.29) is 10.6 Å². The monoisotopic (exact) mass is 224 g/mol. The van der Waals surface area contributed by atoms with Crippen LogP contribution in [0.15, 0.2) is 41.3 Å². The molecule has 5 heteroatoms. The first-order chi connectivity index (χ1) is 6.97. The lowest BCUT2D eigenvalue weighted by Crippen LogP contribution is -1.97. The van der Waals surface area contributed by atoms with Crippen LogP contribution < -0.4 is 0 Å². The normalized spacial score (nSPS) is 11.8. The zero-order valence-electron chi connectivity index (χ0n) is 7.58. The molecule has 0 unspecified atom stereocenters. The van der Waals surface area contributed by atoms with Gasteiger partial charge in [0.1, 0.15) is 5.75 Å². The Morgan fingerprint density at radius 3 is 2.27 bits per heavy atom. The summed E-state index contributed by atoms with van der Waals surface area (Å²) in [7, 11) is -4.19. The number of rotatable bonds is 1. The molecular formula is C10H8O4S. The van der Waals surface area contributed by atoms with Crippen LogP contribution in [-0.4, -0.2) is 18.1 Å². The van der Waals surface area contributed by atoms with Gasteiger partial charge in [0, 0.05) is 0 Å². The summed E-state index contributed by atoms with van der Waals surface area (Å²) in [5.74, 6) is 0.0509. The number of aromatic hydroxyl groups is 1. The summed E-state index contributed by atoms with van der Waals surface area (Å²) >= 11 is 0. The van der Waals surface area contributed by atoms with E-state index >= 15 is 0 Å². The van der Waals surface area contributed by atoms with Crippen molar-refractivity contribution in [3.63, 3.8) is 0 Å². The van der Waals surface area contributed by atoms with Crippen molar-refractivity contribution in [3.05, 3.63) is 36.4 Å². The maximum absolute atomic E-state index is 10.9. The van der Waals surface area contributed by atoms with E-state index < -0.39 is 10.1 Å². The highest BCUT2D eigenvalue weighted by atomic mass is 32.2. The molecule has 0 aliphatic heterocycles. The summed E-state index contributed by atoms with van der Waals surface area (Å²) in [5, 5.41) is 10.6. The molecule has 0 heterocycles. The van der Waals surface area contributed by atoms with Crippen molar-refractivity contribution in [3.8, 4) is 5.75 Å². The maximum atomic E-state index is 10.9. The molecule has 4 nitrogen and oxygen atoms in total. The van der Waals surface area contributed by atoms with Crippen LogP contribution in [-0.2, 0) is 10.1 Å². The molecule has 2 aromatic rings. The third-order valence-electron chi connectivity index (χ3n) is 2.09. The minimum atomic E-state index is -4.19. The molecule has 0 fully saturated rings. The number of benzene rings is 2. The van der Waals surface area contributed by atoms with E-state index in [1.807, 2.05) is 0 Å². The van der Waals surface area contributed by atoms with Crippen LogP contribution in [0.4, 0.5) is 0 Å². The highest BCUT2D eigenvalue weighted by molar-refractivity contribution is 7.85. The van der Waals surface area contributed by atoms with E-state index in [9.17, 15) is 13.5 Å². The Balaban J connectivity index is 2.75. The van der Waals surface area contributed by atoms with Crippen molar-refractivity contribution >= 4 is 20.9 Å². The van der Waals surface area contributed by atoms with Gasteiger partial charge in [-0.15, -0.1) is 0 Å². The minimum Gasteiger partial charge on any atom is -0.508 e. The first-order valence-corrected chi connectivity index (χ1v) is 5.61. The minimum absolute atomic E-state index is 0.0509. The van der Waals surface area contributed by atoms with Crippen molar-refractivity contribution in [1.29, 1.82) is 0 Å². The summed E-state index contributed by atoms with van der Waals surface area (Å²) < 4.78 is 30.5. The Morgan fingerprint density at radius 2 is 1.60 bits per heavy atom. The molecule has 0 saturated carbocycles. The Hall–Kier alpha value is -1.59. The Morgan fingerprint density at radius 1 is 0.933 bits per heavy atom. The van der Waals surface area contributed by atoms with Crippen LogP contribution >= 0.6 is 0 Å². The topological polar surface area (TPSA) is 74.6 Å². The Labute approximate surface area is 86.5 Å². The van der Waals surface area contributed by atoms with Crippen molar-refractivity contribution < 1.29 is 18.1 Å². The predicted molar refractivity (Wildman–Crippen MR) is 55.4 cm³/mol. The number of phenols is 1. The number of hydrogen-bond donors (Lipinski definition) is 2. The van der Waals surface area contributed by atoms with Gasteiger partial charge >= 0.3 is 0 Å². The summed E-state index contributed by atoms with van der Waals surface area (Å²) in [6.45, 7) is 0. The van der Waals surface area contributed by atoms with Gasteiger partial charge in [-0.25, -0.2) is 0 Å². The first-order valence-electron chi connectivity index (χ1n) is 4.17. The summed E-state index contributed by atoms with van der Waals surface area (Å²) in [5.41, 5.74) is 0. The van der Waals surface area contributed by atoms with E-state index in [4.69, 9.17) is 4.55 Å². The van der Waals surface area contributed by atoms with E-state index in [0.717, 1.165) is 5.39 Å². The second kappa shape index (κ2) is 3.22. The third-order valence-corrected chi connectivity index (χ3v) is 2.94. The lowest BCUT2D eigenvalue weighted by atomic mass is 10.1. The highest BCUT2D eigenvalue weighted by Gasteiger charge is 2.09.